The minimum atomic E-state index is -0.322. The van der Waals surface area contributed by atoms with Crippen molar-refractivity contribution < 1.29 is 4.79 Å². The van der Waals surface area contributed by atoms with E-state index in [-0.39, 0.29) is 12.3 Å². The second-order valence-corrected chi connectivity index (χ2v) is 5.09. The zero-order chi connectivity index (χ0) is 15.0. The highest BCUT2D eigenvalue weighted by Crippen LogP contribution is 2.18. The summed E-state index contributed by atoms with van der Waals surface area (Å²) in [6.07, 6.45) is 2.15. The SMILES string of the molecule is CCC(CCNc1ccc(CC(N)=O)cc1C)CN=O. The number of carbonyl (C=O) groups is 1. The predicted octanol–water partition coefficient (Wildman–Crippen LogP) is 2.62. The molecular formula is C15H23N3O2. The molecule has 20 heavy (non-hydrogen) atoms. The van der Waals surface area contributed by atoms with Crippen molar-refractivity contribution in [2.45, 2.75) is 33.1 Å². The Balaban J connectivity index is 2.52. The molecule has 5 heteroatoms. The second kappa shape index (κ2) is 8.30. The highest BCUT2D eigenvalue weighted by Gasteiger charge is 2.07. The molecule has 0 saturated carbocycles. The number of nitrogens with one attached hydrogen (secondary N) is 1. The van der Waals surface area contributed by atoms with E-state index in [2.05, 4.69) is 17.4 Å². The molecule has 0 fully saturated rings. The summed E-state index contributed by atoms with van der Waals surface area (Å²) in [5, 5.41) is 6.32. The molecule has 1 aromatic carbocycles. The number of nitrogens with two attached hydrogens (primary N) is 1. The zero-order valence-electron chi connectivity index (χ0n) is 12.2. The molecule has 0 radical (unpaired) electrons. The Morgan fingerprint density at radius 2 is 2.20 bits per heavy atom. The molecule has 1 amide bonds. The number of hydrogen-bond acceptors (Lipinski definition) is 4. The largest absolute Gasteiger partial charge is 0.385 e. The van der Waals surface area contributed by atoms with Gasteiger partial charge in [0.25, 0.3) is 0 Å². The highest BCUT2D eigenvalue weighted by molar-refractivity contribution is 5.76. The number of benzene rings is 1. The molecule has 0 aliphatic rings. The molecule has 3 N–H and O–H groups in total. The van der Waals surface area contributed by atoms with Crippen LogP contribution in [0.4, 0.5) is 5.69 Å². The van der Waals surface area contributed by atoms with E-state index in [1.807, 2.05) is 25.1 Å². The molecule has 0 saturated heterocycles. The zero-order valence-corrected chi connectivity index (χ0v) is 12.2. The van der Waals surface area contributed by atoms with Crippen LogP contribution in [0.3, 0.4) is 0 Å². The fourth-order valence-corrected chi connectivity index (χ4v) is 2.18. The maximum absolute atomic E-state index is 10.9. The van der Waals surface area contributed by atoms with E-state index in [4.69, 9.17) is 5.73 Å². The van der Waals surface area contributed by atoms with Crippen molar-refractivity contribution in [2.24, 2.45) is 16.8 Å². The molecule has 0 spiro atoms. The van der Waals surface area contributed by atoms with E-state index in [1.54, 1.807) is 0 Å². The van der Waals surface area contributed by atoms with Gasteiger partial charge in [-0.05, 0) is 36.5 Å². The van der Waals surface area contributed by atoms with Gasteiger partial charge in [-0.1, -0.05) is 30.7 Å². The number of carbonyl (C=O) groups excluding carboxylic acids is 1. The van der Waals surface area contributed by atoms with Crippen LogP contribution >= 0.6 is 0 Å². The average Bonchev–Trinajstić information content (AvgIpc) is 2.39. The Labute approximate surface area is 119 Å². The van der Waals surface area contributed by atoms with Crippen LogP contribution in [0.2, 0.25) is 0 Å². The molecule has 110 valence electrons. The van der Waals surface area contributed by atoms with Gasteiger partial charge in [-0.25, -0.2) is 0 Å². The van der Waals surface area contributed by atoms with Gasteiger partial charge in [0.05, 0.1) is 13.0 Å². The maximum Gasteiger partial charge on any atom is 0.221 e. The first-order chi connectivity index (χ1) is 9.56. The normalized spacial score (nSPS) is 11.9. The second-order valence-electron chi connectivity index (χ2n) is 5.09. The summed E-state index contributed by atoms with van der Waals surface area (Å²) in [4.78, 5) is 21.2. The lowest BCUT2D eigenvalue weighted by Crippen LogP contribution is -2.14. The molecule has 1 rings (SSSR count). The summed E-state index contributed by atoms with van der Waals surface area (Å²) in [6, 6.07) is 5.84. The molecular weight excluding hydrogens is 254 g/mol. The van der Waals surface area contributed by atoms with E-state index in [0.29, 0.717) is 12.5 Å². The van der Waals surface area contributed by atoms with Gasteiger partial charge in [0.2, 0.25) is 5.91 Å². The fraction of sp³-hybridized carbons (Fsp3) is 0.533. The molecule has 0 aliphatic heterocycles. The minimum absolute atomic E-state index is 0.268. The lowest BCUT2D eigenvalue weighted by molar-refractivity contribution is -0.117. The van der Waals surface area contributed by atoms with Crippen molar-refractivity contribution in [1.29, 1.82) is 0 Å². The summed E-state index contributed by atoms with van der Waals surface area (Å²) >= 11 is 0. The molecule has 1 aromatic rings. The number of rotatable bonds is 9. The Morgan fingerprint density at radius 1 is 1.45 bits per heavy atom. The van der Waals surface area contributed by atoms with Crippen molar-refractivity contribution in [1.82, 2.24) is 0 Å². The minimum Gasteiger partial charge on any atom is -0.385 e. The summed E-state index contributed by atoms with van der Waals surface area (Å²) in [6.45, 7) is 5.26. The van der Waals surface area contributed by atoms with Crippen LogP contribution in [0.1, 0.15) is 30.9 Å². The summed E-state index contributed by atoms with van der Waals surface area (Å²) < 4.78 is 0. The van der Waals surface area contributed by atoms with E-state index in [9.17, 15) is 9.70 Å². The first kappa shape index (κ1) is 16.1. The smallest absolute Gasteiger partial charge is 0.221 e. The van der Waals surface area contributed by atoms with Crippen LogP contribution in [0.25, 0.3) is 0 Å². The first-order valence-electron chi connectivity index (χ1n) is 6.97. The van der Waals surface area contributed by atoms with Gasteiger partial charge in [-0.15, -0.1) is 0 Å². The number of aryl methyl sites for hydroxylation is 1. The molecule has 0 aromatic heterocycles. The third-order valence-electron chi connectivity index (χ3n) is 3.45. The molecule has 1 unspecified atom stereocenters. The van der Waals surface area contributed by atoms with Gasteiger partial charge >= 0.3 is 0 Å². The standard InChI is InChI=1S/C15H23N3O2/c1-3-12(10-18-20)6-7-17-14-5-4-13(8-11(14)2)9-15(16)19/h4-5,8,12,17H,3,6-7,9-10H2,1-2H3,(H2,16,19). The van der Waals surface area contributed by atoms with Crippen molar-refractivity contribution in [2.75, 3.05) is 18.4 Å². The van der Waals surface area contributed by atoms with Gasteiger partial charge in [-0.3, -0.25) is 4.79 Å². The number of nitroso groups, excluding NO2 is 1. The monoisotopic (exact) mass is 277 g/mol. The summed E-state index contributed by atoms with van der Waals surface area (Å²) in [5.74, 6) is 0.0201. The van der Waals surface area contributed by atoms with Gasteiger partial charge in [-0.2, -0.15) is 4.91 Å². The van der Waals surface area contributed by atoms with Crippen molar-refractivity contribution >= 4 is 11.6 Å². The first-order valence-corrected chi connectivity index (χ1v) is 6.97. The van der Waals surface area contributed by atoms with Gasteiger partial charge in [0.15, 0.2) is 0 Å². The quantitative estimate of drug-likeness (QED) is 0.680. The number of anilines is 1. The Bertz CT molecular complexity index is 460. The average molecular weight is 277 g/mol. The van der Waals surface area contributed by atoms with Gasteiger partial charge in [0, 0.05) is 12.2 Å². The van der Waals surface area contributed by atoms with Crippen LogP contribution in [-0.2, 0) is 11.2 Å². The third-order valence-corrected chi connectivity index (χ3v) is 3.45. The van der Waals surface area contributed by atoms with Crippen LogP contribution in [0.15, 0.2) is 23.4 Å². The summed E-state index contributed by atoms with van der Waals surface area (Å²) in [5.41, 5.74) is 8.25. The predicted molar refractivity (Wildman–Crippen MR) is 81.6 cm³/mol. The molecule has 5 nitrogen and oxygen atoms in total. The lowest BCUT2D eigenvalue weighted by atomic mass is 10.0. The Hall–Kier alpha value is -1.91. The number of nitrogens with zero attached hydrogens (tertiary/aromatic N) is 1. The molecule has 0 aliphatic carbocycles. The Kier molecular flexibility index (Phi) is 6.70. The van der Waals surface area contributed by atoms with E-state index in [0.717, 1.165) is 36.2 Å². The molecule has 0 heterocycles. The Morgan fingerprint density at radius 3 is 2.75 bits per heavy atom. The lowest BCUT2D eigenvalue weighted by Gasteiger charge is -2.14. The fourth-order valence-electron chi connectivity index (χ4n) is 2.18. The van der Waals surface area contributed by atoms with Crippen molar-refractivity contribution in [3.63, 3.8) is 0 Å². The number of primary amides is 1. The van der Waals surface area contributed by atoms with Crippen molar-refractivity contribution in [3.8, 4) is 0 Å². The van der Waals surface area contributed by atoms with Crippen LogP contribution < -0.4 is 11.1 Å². The maximum atomic E-state index is 10.9. The van der Waals surface area contributed by atoms with Gasteiger partial charge in [0.1, 0.15) is 0 Å². The summed E-state index contributed by atoms with van der Waals surface area (Å²) in [7, 11) is 0. The van der Waals surface area contributed by atoms with Crippen LogP contribution in [0.5, 0.6) is 0 Å². The van der Waals surface area contributed by atoms with Gasteiger partial charge < -0.3 is 11.1 Å². The van der Waals surface area contributed by atoms with Crippen molar-refractivity contribution in [3.05, 3.63) is 34.2 Å². The van der Waals surface area contributed by atoms with Crippen LogP contribution in [-0.4, -0.2) is 19.0 Å². The van der Waals surface area contributed by atoms with Crippen LogP contribution in [0, 0.1) is 17.7 Å². The molecule has 1 atom stereocenters. The highest BCUT2D eigenvalue weighted by atomic mass is 16.3. The molecule has 0 bridgehead atoms. The van der Waals surface area contributed by atoms with E-state index >= 15 is 0 Å². The topological polar surface area (TPSA) is 84.5 Å². The number of hydrogen-bond donors (Lipinski definition) is 2. The number of amides is 1. The third kappa shape index (κ3) is 5.38. The van der Waals surface area contributed by atoms with E-state index < -0.39 is 0 Å². The van der Waals surface area contributed by atoms with E-state index in [1.165, 1.54) is 0 Å².